The van der Waals surface area contributed by atoms with Gasteiger partial charge in [-0.15, -0.1) is 0 Å². The molecule has 1 aromatic rings. The zero-order valence-corrected chi connectivity index (χ0v) is 11.5. The van der Waals surface area contributed by atoms with Crippen molar-refractivity contribution >= 4 is 27.3 Å². The number of halogens is 1. The molecular weight excluding hydrogens is 264 g/mol. The summed E-state index contributed by atoms with van der Waals surface area (Å²) >= 11 is 3.42. The minimum Gasteiger partial charge on any atom is -0.398 e. The van der Waals surface area contributed by atoms with E-state index in [4.69, 9.17) is 5.73 Å². The number of nitrogens with two attached hydrogens (primary N) is 1. The summed E-state index contributed by atoms with van der Waals surface area (Å²) < 4.78 is 0.981. The van der Waals surface area contributed by atoms with E-state index >= 15 is 0 Å². The summed E-state index contributed by atoms with van der Waals surface area (Å²) in [6.07, 6.45) is 2.54. The molecular formula is C13H19BrN2. The van der Waals surface area contributed by atoms with E-state index in [2.05, 4.69) is 46.8 Å². The molecule has 0 aliphatic carbocycles. The highest BCUT2D eigenvalue weighted by molar-refractivity contribution is 9.10. The van der Waals surface area contributed by atoms with Crippen LogP contribution < -0.4 is 10.6 Å². The molecule has 1 aliphatic heterocycles. The maximum Gasteiger partial charge on any atom is 0.0479 e. The predicted molar refractivity (Wildman–Crippen MR) is 73.8 cm³/mol. The average Bonchev–Trinajstić information content (AvgIpc) is 2.23. The molecule has 1 fully saturated rings. The third kappa shape index (κ3) is 1.93. The van der Waals surface area contributed by atoms with Crippen LogP contribution in [0.2, 0.25) is 0 Å². The van der Waals surface area contributed by atoms with Gasteiger partial charge in [0.1, 0.15) is 0 Å². The molecule has 88 valence electrons. The van der Waals surface area contributed by atoms with Crippen molar-refractivity contribution in [2.24, 2.45) is 5.41 Å². The molecule has 0 amide bonds. The second kappa shape index (κ2) is 4.28. The van der Waals surface area contributed by atoms with Gasteiger partial charge in [0.25, 0.3) is 0 Å². The van der Waals surface area contributed by atoms with Crippen molar-refractivity contribution < 1.29 is 0 Å². The van der Waals surface area contributed by atoms with E-state index in [0.717, 1.165) is 10.2 Å². The maximum atomic E-state index is 5.90. The van der Waals surface area contributed by atoms with Crippen molar-refractivity contribution in [3.63, 3.8) is 0 Å². The number of nitrogen functional groups attached to an aromatic ring is 1. The number of benzene rings is 1. The summed E-state index contributed by atoms with van der Waals surface area (Å²) in [5, 5.41) is 0. The van der Waals surface area contributed by atoms with Crippen molar-refractivity contribution in [3.8, 4) is 0 Å². The lowest BCUT2D eigenvalue weighted by atomic mass is 9.75. The number of hydrogen-bond donors (Lipinski definition) is 1. The summed E-state index contributed by atoms with van der Waals surface area (Å²) in [7, 11) is 0. The molecule has 0 spiro atoms. The van der Waals surface area contributed by atoms with Gasteiger partial charge in [0, 0.05) is 34.4 Å². The average molecular weight is 283 g/mol. The summed E-state index contributed by atoms with van der Waals surface area (Å²) in [6, 6.07) is 6.22. The van der Waals surface area contributed by atoms with Gasteiger partial charge >= 0.3 is 0 Å². The number of anilines is 2. The lowest BCUT2D eigenvalue weighted by molar-refractivity contribution is 0.194. The van der Waals surface area contributed by atoms with Crippen LogP contribution in [0.1, 0.15) is 26.7 Å². The summed E-state index contributed by atoms with van der Waals surface area (Å²) in [5.74, 6) is 0. The molecule has 0 radical (unpaired) electrons. The minimum atomic E-state index is 0.543. The molecule has 1 aromatic carbocycles. The van der Waals surface area contributed by atoms with E-state index in [9.17, 15) is 0 Å². The van der Waals surface area contributed by atoms with Gasteiger partial charge in [-0.2, -0.15) is 0 Å². The highest BCUT2D eigenvalue weighted by Gasteiger charge is 2.39. The first kappa shape index (κ1) is 11.8. The minimum absolute atomic E-state index is 0.543. The summed E-state index contributed by atoms with van der Waals surface area (Å²) in [4.78, 5) is 2.41. The van der Waals surface area contributed by atoms with Gasteiger partial charge in [-0.05, 0) is 47.0 Å². The molecule has 2 N–H and O–H groups in total. The Bertz CT molecular complexity index is 378. The normalized spacial score (nSPS) is 18.3. The van der Waals surface area contributed by atoms with Crippen LogP contribution >= 0.6 is 15.9 Å². The third-order valence-corrected chi connectivity index (χ3v) is 4.62. The van der Waals surface area contributed by atoms with E-state index in [1.54, 1.807) is 0 Å². The fraction of sp³-hybridized carbons (Fsp3) is 0.538. The Morgan fingerprint density at radius 3 is 2.44 bits per heavy atom. The lowest BCUT2D eigenvalue weighted by Crippen LogP contribution is -2.55. The van der Waals surface area contributed by atoms with Crippen molar-refractivity contribution in [1.82, 2.24) is 0 Å². The Morgan fingerprint density at radius 2 is 1.94 bits per heavy atom. The molecule has 2 rings (SSSR count). The Kier molecular flexibility index (Phi) is 3.15. The first-order valence-electron chi connectivity index (χ1n) is 5.90. The van der Waals surface area contributed by atoms with Gasteiger partial charge in [0.05, 0.1) is 0 Å². The second-order valence-corrected chi connectivity index (χ2v) is 5.62. The molecule has 1 saturated heterocycles. The smallest absolute Gasteiger partial charge is 0.0479 e. The topological polar surface area (TPSA) is 29.3 Å². The first-order chi connectivity index (χ1) is 7.60. The zero-order valence-electron chi connectivity index (χ0n) is 9.96. The summed E-state index contributed by atoms with van der Waals surface area (Å²) in [6.45, 7) is 6.91. The van der Waals surface area contributed by atoms with Crippen LogP contribution in [-0.4, -0.2) is 13.1 Å². The molecule has 0 aromatic heterocycles. The van der Waals surface area contributed by atoms with Gasteiger partial charge in [0.2, 0.25) is 0 Å². The molecule has 1 heterocycles. The van der Waals surface area contributed by atoms with Crippen LogP contribution in [0.4, 0.5) is 11.4 Å². The first-order valence-corrected chi connectivity index (χ1v) is 6.69. The van der Waals surface area contributed by atoms with Crippen LogP contribution in [0.5, 0.6) is 0 Å². The Hall–Kier alpha value is -0.700. The van der Waals surface area contributed by atoms with E-state index in [0.29, 0.717) is 5.41 Å². The Labute approximate surface area is 106 Å². The molecule has 0 bridgehead atoms. The SMILES string of the molecule is CCC1(CC)CN(c2ccc(Br)c(N)c2)C1. The van der Waals surface area contributed by atoms with E-state index < -0.39 is 0 Å². The van der Waals surface area contributed by atoms with Gasteiger partial charge in [-0.25, -0.2) is 0 Å². The van der Waals surface area contributed by atoms with Gasteiger partial charge in [-0.1, -0.05) is 13.8 Å². The standard InChI is InChI=1S/C13H19BrN2/c1-3-13(4-2)8-16(9-13)10-5-6-11(14)12(15)7-10/h5-7H,3-4,8-9,15H2,1-2H3. The fourth-order valence-electron chi connectivity index (χ4n) is 2.37. The highest BCUT2D eigenvalue weighted by Crippen LogP contribution is 2.40. The van der Waals surface area contributed by atoms with Gasteiger partial charge < -0.3 is 10.6 Å². The van der Waals surface area contributed by atoms with Crippen molar-refractivity contribution in [3.05, 3.63) is 22.7 Å². The molecule has 1 aliphatic rings. The number of rotatable bonds is 3. The van der Waals surface area contributed by atoms with Gasteiger partial charge in [0.15, 0.2) is 0 Å². The largest absolute Gasteiger partial charge is 0.398 e. The van der Waals surface area contributed by atoms with E-state index in [-0.39, 0.29) is 0 Å². The molecule has 16 heavy (non-hydrogen) atoms. The Morgan fingerprint density at radius 1 is 1.31 bits per heavy atom. The molecule has 0 saturated carbocycles. The van der Waals surface area contributed by atoms with E-state index in [1.165, 1.54) is 31.6 Å². The van der Waals surface area contributed by atoms with Crippen molar-refractivity contribution in [2.45, 2.75) is 26.7 Å². The van der Waals surface area contributed by atoms with Crippen LogP contribution in [0, 0.1) is 5.41 Å². The van der Waals surface area contributed by atoms with Crippen molar-refractivity contribution in [2.75, 3.05) is 23.7 Å². The fourth-order valence-corrected chi connectivity index (χ4v) is 2.62. The van der Waals surface area contributed by atoms with Crippen LogP contribution in [0.15, 0.2) is 22.7 Å². The highest BCUT2D eigenvalue weighted by atomic mass is 79.9. The van der Waals surface area contributed by atoms with Crippen LogP contribution in [0.3, 0.4) is 0 Å². The zero-order chi connectivity index (χ0) is 11.8. The van der Waals surface area contributed by atoms with Gasteiger partial charge in [-0.3, -0.25) is 0 Å². The van der Waals surface area contributed by atoms with Crippen LogP contribution in [-0.2, 0) is 0 Å². The molecule has 0 unspecified atom stereocenters. The summed E-state index contributed by atoms with van der Waals surface area (Å²) in [5.41, 5.74) is 8.51. The van der Waals surface area contributed by atoms with E-state index in [1.807, 2.05) is 6.07 Å². The molecule has 3 heteroatoms. The quantitative estimate of drug-likeness (QED) is 0.858. The Balaban J connectivity index is 2.09. The van der Waals surface area contributed by atoms with Crippen molar-refractivity contribution in [1.29, 1.82) is 0 Å². The monoisotopic (exact) mass is 282 g/mol. The van der Waals surface area contributed by atoms with Crippen LogP contribution in [0.25, 0.3) is 0 Å². The number of hydrogen-bond acceptors (Lipinski definition) is 2. The molecule has 0 atom stereocenters. The third-order valence-electron chi connectivity index (χ3n) is 3.90. The lowest BCUT2D eigenvalue weighted by Gasteiger charge is -2.51. The predicted octanol–water partition coefficient (Wildman–Crippen LogP) is 3.66. The maximum absolute atomic E-state index is 5.90. The molecule has 2 nitrogen and oxygen atoms in total. The second-order valence-electron chi connectivity index (χ2n) is 4.77. The number of nitrogens with zero attached hydrogens (tertiary/aromatic N) is 1.